The molecular formula is C33H48N2O10S. The summed E-state index contributed by atoms with van der Waals surface area (Å²) in [5.74, 6) is 2.33. The van der Waals surface area contributed by atoms with Crippen LogP contribution in [0.15, 0.2) is 24.3 Å². The second-order valence-electron chi connectivity index (χ2n) is 11.4. The Morgan fingerprint density at radius 2 is 1.43 bits per heavy atom. The molecule has 4 bridgehead atoms. The number of sulfonamides is 1. The Kier molecular flexibility index (Phi) is 13.0. The monoisotopic (exact) mass is 664 g/mol. The van der Waals surface area contributed by atoms with Gasteiger partial charge in [-0.3, -0.25) is 0 Å². The Labute approximate surface area is 272 Å². The van der Waals surface area contributed by atoms with Crippen molar-refractivity contribution in [3.8, 4) is 34.5 Å². The summed E-state index contributed by atoms with van der Waals surface area (Å²) in [6.07, 6.45) is 4.05. The SMILES string of the molecule is COc1cc(C(=O)OC2CCCOc3cc(cc(OC)c3OC)CCCCS(=O)(=O)N3CCCN(CC2)CC3)cc(OC)c1OC. The minimum atomic E-state index is -3.37. The predicted molar refractivity (Wildman–Crippen MR) is 174 cm³/mol. The molecule has 1 saturated heterocycles. The Morgan fingerprint density at radius 1 is 0.739 bits per heavy atom. The number of rotatable bonds is 7. The Bertz CT molecular complexity index is 1390. The molecule has 256 valence electrons. The van der Waals surface area contributed by atoms with Crippen LogP contribution in [0, 0.1) is 0 Å². The minimum Gasteiger partial charge on any atom is -0.493 e. The molecule has 4 rings (SSSR count). The van der Waals surface area contributed by atoms with Gasteiger partial charge in [0, 0.05) is 26.2 Å². The van der Waals surface area contributed by atoms with Crippen LogP contribution in [0.4, 0.5) is 0 Å². The zero-order chi connectivity index (χ0) is 33.1. The van der Waals surface area contributed by atoms with Gasteiger partial charge in [0.25, 0.3) is 0 Å². The summed E-state index contributed by atoms with van der Waals surface area (Å²) in [4.78, 5) is 15.7. The molecular weight excluding hydrogens is 616 g/mol. The highest BCUT2D eigenvalue weighted by atomic mass is 32.2. The highest BCUT2D eigenvalue weighted by Crippen LogP contribution is 2.40. The molecule has 0 amide bonds. The van der Waals surface area contributed by atoms with E-state index in [-0.39, 0.29) is 11.3 Å². The van der Waals surface area contributed by atoms with Crippen molar-refractivity contribution in [2.45, 2.75) is 51.0 Å². The van der Waals surface area contributed by atoms with E-state index in [0.29, 0.717) is 106 Å². The van der Waals surface area contributed by atoms with Crippen molar-refractivity contribution in [3.05, 3.63) is 35.4 Å². The molecule has 2 heterocycles. The zero-order valence-electron chi connectivity index (χ0n) is 27.7. The summed E-state index contributed by atoms with van der Waals surface area (Å²) in [5.41, 5.74) is 1.26. The van der Waals surface area contributed by atoms with Crippen LogP contribution in [0.3, 0.4) is 0 Å². The summed E-state index contributed by atoms with van der Waals surface area (Å²) in [5, 5.41) is 0. The van der Waals surface area contributed by atoms with Crippen LogP contribution in [0.25, 0.3) is 0 Å². The number of aryl methyl sites for hydroxylation is 1. The average molecular weight is 665 g/mol. The van der Waals surface area contributed by atoms with Crippen molar-refractivity contribution < 1.29 is 46.4 Å². The van der Waals surface area contributed by atoms with Gasteiger partial charge in [0.05, 0.1) is 53.5 Å². The Hall–Kier alpha value is -3.42. The molecule has 3 atom stereocenters. The molecule has 2 aliphatic heterocycles. The van der Waals surface area contributed by atoms with Crippen LogP contribution in [0.5, 0.6) is 34.5 Å². The van der Waals surface area contributed by atoms with Gasteiger partial charge >= 0.3 is 5.97 Å². The maximum absolute atomic E-state index is 13.4. The lowest BCUT2D eigenvalue weighted by Gasteiger charge is -2.25. The van der Waals surface area contributed by atoms with Gasteiger partial charge < -0.3 is 38.1 Å². The Morgan fingerprint density at radius 3 is 2.11 bits per heavy atom. The number of hydrogen-bond donors (Lipinski definition) is 0. The first-order chi connectivity index (χ1) is 22.2. The van der Waals surface area contributed by atoms with E-state index in [2.05, 4.69) is 4.90 Å². The summed E-state index contributed by atoms with van der Waals surface area (Å²) < 4.78 is 67.8. The topological polar surface area (TPSA) is 122 Å². The van der Waals surface area contributed by atoms with Crippen LogP contribution in [0.1, 0.15) is 54.4 Å². The second-order valence-corrected chi connectivity index (χ2v) is 13.5. The highest BCUT2D eigenvalue weighted by molar-refractivity contribution is 7.89. The maximum atomic E-state index is 13.4. The summed E-state index contributed by atoms with van der Waals surface area (Å²) in [6, 6.07) is 6.99. The third-order valence-electron chi connectivity index (χ3n) is 8.43. The maximum Gasteiger partial charge on any atom is 0.338 e. The number of fused-ring (bicyclic) bond motifs is 5. The molecule has 0 aliphatic carbocycles. The van der Waals surface area contributed by atoms with E-state index in [4.69, 9.17) is 33.2 Å². The first-order valence-electron chi connectivity index (χ1n) is 15.8. The molecule has 0 spiro atoms. The van der Waals surface area contributed by atoms with Crippen molar-refractivity contribution in [3.63, 3.8) is 0 Å². The van der Waals surface area contributed by atoms with Gasteiger partial charge in [-0.25, -0.2) is 17.5 Å². The normalized spacial score (nSPS) is 22.5. The molecule has 0 N–H and O–H groups in total. The van der Waals surface area contributed by atoms with Gasteiger partial charge in [-0.05, 0) is 81.3 Å². The van der Waals surface area contributed by atoms with E-state index in [1.165, 1.54) is 21.3 Å². The van der Waals surface area contributed by atoms with Crippen molar-refractivity contribution in [1.29, 1.82) is 0 Å². The summed E-state index contributed by atoms with van der Waals surface area (Å²) >= 11 is 0. The zero-order valence-corrected chi connectivity index (χ0v) is 28.5. The molecule has 2 aromatic rings. The third kappa shape index (κ3) is 9.10. The molecule has 0 aromatic heterocycles. The number of carbonyl (C=O) groups is 1. The minimum absolute atomic E-state index is 0.114. The number of benzene rings is 2. The number of carbonyl (C=O) groups excluding carboxylic acids is 1. The molecule has 0 saturated carbocycles. The number of methoxy groups -OCH3 is 5. The first kappa shape index (κ1) is 35.4. The second kappa shape index (κ2) is 16.9. The van der Waals surface area contributed by atoms with Gasteiger partial charge in [0.1, 0.15) is 6.10 Å². The quantitative estimate of drug-likeness (QED) is 0.397. The van der Waals surface area contributed by atoms with Crippen LogP contribution >= 0.6 is 0 Å². The average Bonchev–Trinajstić information content (AvgIpc) is 3.32. The van der Waals surface area contributed by atoms with Crippen molar-refractivity contribution in [2.75, 3.05) is 80.6 Å². The number of ether oxygens (including phenoxy) is 7. The Balaban J connectivity index is 1.57. The molecule has 1 fully saturated rings. The van der Waals surface area contributed by atoms with E-state index >= 15 is 0 Å². The van der Waals surface area contributed by atoms with Gasteiger partial charge in [-0.15, -0.1) is 0 Å². The lowest BCUT2D eigenvalue weighted by Crippen LogP contribution is -2.37. The predicted octanol–water partition coefficient (Wildman–Crippen LogP) is 4.18. The molecule has 3 unspecified atom stereocenters. The third-order valence-corrected chi connectivity index (χ3v) is 10.4. The fraction of sp³-hybridized carbons (Fsp3) is 0.606. The van der Waals surface area contributed by atoms with Crippen LogP contribution in [-0.2, 0) is 21.2 Å². The number of nitrogens with zero attached hydrogens (tertiary/aromatic N) is 2. The lowest BCUT2D eigenvalue weighted by atomic mass is 10.1. The molecule has 46 heavy (non-hydrogen) atoms. The molecule has 12 nitrogen and oxygen atoms in total. The van der Waals surface area contributed by atoms with E-state index in [1.54, 1.807) is 30.7 Å². The van der Waals surface area contributed by atoms with Crippen molar-refractivity contribution in [2.24, 2.45) is 0 Å². The highest BCUT2D eigenvalue weighted by Gasteiger charge is 2.27. The molecule has 2 aliphatic rings. The van der Waals surface area contributed by atoms with Crippen molar-refractivity contribution >= 4 is 16.0 Å². The van der Waals surface area contributed by atoms with Gasteiger partial charge in [0.15, 0.2) is 23.0 Å². The van der Waals surface area contributed by atoms with E-state index in [1.807, 2.05) is 12.1 Å². The lowest BCUT2D eigenvalue weighted by molar-refractivity contribution is 0.0221. The van der Waals surface area contributed by atoms with E-state index < -0.39 is 22.1 Å². The van der Waals surface area contributed by atoms with Gasteiger partial charge in [-0.2, -0.15) is 0 Å². The van der Waals surface area contributed by atoms with Crippen LogP contribution in [0.2, 0.25) is 0 Å². The van der Waals surface area contributed by atoms with Crippen LogP contribution < -0.4 is 28.4 Å². The van der Waals surface area contributed by atoms with E-state index in [9.17, 15) is 13.2 Å². The van der Waals surface area contributed by atoms with Crippen LogP contribution in [-0.4, -0.2) is 110 Å². The van der Waals surface area contributed by atoms with Crippen molar-refractivity contribution in [1.82, 2.24) is 9.21 Å². The fourth-order valence-corrected chi connectivity index (χ4v) is 7.52. The number of esters is 1. The summed E-state index contributed by atoms with van der Waals surface area (Å²) in [7, 11) is 4.26. The standard InChI is InChI=1S/C33H48N2O10S/c1-39-27-20-24-10-6-7-19-46(37,38)35-14-9-13-34(16-17-35)15-12-26(11-8-18-44-30(21-24)32(27)43-5)45-33(36)25-22-28(40-2)31(42-4)29(23-25)41-3/h20-23,26H,6-19H2,1-5H3. The number of hydrogen-bond acceptors (Lipinski definition) is 11. The molecule has 2 aromatic carbocycles. The fourth-order valence-electron chi connectivity index (χ4n) is 5.93. The first-order valence-corrected chi connectivity index (χ1v) is 17.4. The molecule has 13 heteroatoms. The molecule has 0 radical (unpaired) electrons. The van der Waals surface area contributed by atoms with Gasteiger partial charge in [-0.1, -0.05) is 0 Å². The smallest absolute Gasteiger partial charge is 0.338 e. The largest absolute Gasteiger partial charge is 0.493 e. The van der Waals surface area contributed by atoms with E-state index in [0.717, 1.165) is 18.5 Å². The summed E-state index contributed by atoms with van der Waals surface area (Å²) in [6.45, 7) is 3.40. The van der Waals surface area contributed by atoms with Gasteiger partial charge in [0.2, 0.25) is 21.5 Å².